The molecule has 60 heavy (non-hydrogen) atoms. The van der Waals surface area contributed by atoms with Crippen molar-refractivity contribution in [3.05, 3.63) is 24.3 Å². The molecule has 0 heterocycles. The van der Waals surface area contributed by atoms with Crippen molar-refractivity contribution in [2.24, 2.45) is 0 Å². The molecule has 2 atom stereocenters. The number of carbonyl (C=O) groups is 4. The number of unbranched alkanes of at least 4 members (excludes halogenated alkanes) is 28. The summed E-state index contributed by atoms with van der Waals surface area (Å²) in [6.45, 7) is 3.49. The lowest BCUT2D eigenvalue weighted by molar-refractivity contribution is -0.150. The molecule has 2 amide bonds. The molecule has 4 N–H and O–H groups in total. The van der Waals surface area contributed by atoms with E-state index in [2.05, 4.69) is 48.8 Å². The number of nitrogens with one attached hydrogen (secondary N) is 2. The van der Waals surface area contributed by atoms with E-state index in [0.29, 0.717) is 19.3 Å². The number of amides is 2. The topological polar surface area (TPSA) is 142 Å². The Balaban J connectivity index is 4.21. The van der Waals surface area contributed by atoms with E-state index < -0.39 is 24.5 Å². The summed E-state index contributed by atoms with van der Waals surface area (Å²) in [6.07, 6.45) is 52.2. The minimum Gasteiger partial charge on any atom is -0.480 e. The first-order valence-corrected chi connectivity index (χ1v) is 25.2. The van der Waals surface area contributed by atoms with Gasteiger partial charge >= 0.3 is 11.9 Å². The van der Waals surface area contributed by atoms with Crippen molar-refractivity contribution >= 4 is 23.8 Å². The maximum absolute atomic E-state index is 12.8. The van der Waals surface area contributed by atoms with Crippen molar-refractivity contribution in [2.45, 2.75) is 264 Å². The zero-order chi connectivity index (χ0) is 44.0. The van der Waals surface area contributed by atoms with Crippen molar-refractivity contribution in [2.75, 3.05) is 13.2 Å². The monoisotopic (exact) mass is 847 g/mol. The molecule has 0 aliphatic rings. The van der Waals surface area contributed by atoms with Crippen LogP contribution in [0.15, 0.2) is 24.3 Å². The van der Waals surface area contributed by atoms with E-state index in [1.807, 2.05) is 0 Å². The fraction of sp³-hybridized carbons (Fsp3) is 0.843. The molecular formula is C51H94N2O7. The van der Waals surface area contributed by atoms with Gasteiger partial charge in [-0.25, -0.2) is 4.79 Å². The minimum absolute atomic E-state index is 0.0432. The first-order chi connectivity index (χ1) is 29.3. The Kier molecular flexibility index (Phi) is 43.8. The molecule has 2 unspecified atom stereocenters. The molecule has 0 saturated carbocycles. The summed E-state index contributed by atoms with van der Waals surface area (Å²) in [5.74, 6) is -2.30. The Morgan fingerprint density at radius 1 is 0.483 bits per heavy atom. The van der Waals surface area contributed by atoms with E-state index in [1.165, 1.54) is 148 Å². The number of carboxylic acids is 1. The number of rotatable bonds is 46. The Morgan fingerprint density at radius 2 is 0.867 bits per heavy atom. The molecule has 0 bridgehead atoms. The van der Waals surface area contributed by atoms with Crippen molar-refractivity contribution in [1.82, 2.24) is 10.6 Å². The van der Waals surface area contributed by atoms with Gasteiger partial charge < -0.3 is 25.6 Å². The third kappa shape index (κ3) is 42.0. The average Bonchev–Trinajstić information content (AvgIpc) is 3.23. The van der Waals surface area contributed by atoms with Gasteiger partial charge in [-0.2, -0.15) is 0 Å². The fourth-order valence-corrected chi connectivity index (χ4v) is 7.54. The van der Waals surface area contributed by atoms with Crippen LogP contribution < -0.4 is 10.6 Å². The molecule has 0 fully saturated rings. The molecule has 350 valence electrons. The SMILES string of the molecule is CCCCCCCC/C=C\CCCC(CCCCCCCC(=O)NCC(=O)NC(CO)C(=O)O)OC(=O)CCCCCCCCCCC/C=C\CCCCCCCCCC. The summed E-state index contributed by atoms with van der Waals surface area (Å²) in [4.78, 5) is 47.7. The van der Waals surface area contributed by atoms with Crippen molar-refractivity contribution < 1.29 is 34.1 Å². The van der Waals surface area contributed by atoms with Crippen LogP contribution in [-0.2, 0) is 23.9 Å². The van der Waals surface area contributed by atoms with Gasteiger partial charge in [-0.1, -0.05) is 179 Å². The number of carboxylic acid groups (broad SMARTS) is 1. The average molecular weight is 847 g/mol. The summed E-state index contributed by atoms with van der Waals surface area (Å²) < 4.78 is 6.04. The maximum atomic E-state index is 12.8. The summed E-state index contributed by atoms with van der Waals surface area (Å²) in [5.41, 5.74) is 0. The zero-order valence-electron chi connectivity index (χ0n) is 39.0. The predicted octanol–water partition coefficient (Wildman–Crippen LogP) is 13.2. The first kappa shape index (κ1) is 57.3. The summed E-state index contributed by atoms with van der Waals surface area (Å²) >= 11 is 0. The normalized spacial score (nSPS) is 12.6. The maximum Gasteiger partial charge on any atom is 0.328 e. The van der Waals surface area contributed by atoms with Gasteiger partial charge in [0.2, 0.25) is 11.8 Å². The molecule has 9 heteroatoms. The smallest absolute Gasteiger partial charge is 0.328 e. The number of ether oxygens (including phenoxy) is 1. The summed E-state index contributed by atoms with van der Waals surface area (Å²) in [5, 5.41) is 22.6. The third-order valence-corrected chi connectivity index (χ3v) is 11.4. The number of carbonyl (C=O) groups excluding carboxylic acids is 3. The zero-order valence-corrected chi connectivity index (χ0v) is 39.0. The lowest BCUT2D eigenvalue weighted by Gasteiger charge is -2.18. The number of esters is 1. The summed E-state index contributed by atoms with van der Waals surface area (Å²) in [7, 11) is 0. The highest BCUT2D eigenvalue weighted by Gasteiger charge is 2.19. The van der Waals surface area contributed by atoms with E-state index in [1.54, 1.807) is 0 Å². The molecular weight excluding hydrogens is 753 g/mol. The van der Waals surface area contributed by atoms with Crippen molar-refractivity contribution in [3.8, 4) is 0 Å². The predicted molar refractivity (Wildman–Crippen MR) is 250 cm³/mol. The van der Waals surface area contributed by atoms with Crippen molar-refractivity contribution in [1.29, 1.82) is 0 Å². The molecule has 9 nitrogen and oxygen atoms in total. The Labute approximate surface area is 368 Å². The van der Waals surface area contributed by atoms with Gasteiger partial charge in [0.1, 0.15) is 12.1 Å². The van der Waals surface area contributed by atoms with Gasteiger partial charge in [0.15, 0.2) is 0 Å². The molecule has 0 aromatic rings. The van der Waals surface area contributed by atoms with E-state index in [9.17, 15) is 19.2 Å². The van der Waals surface area contributed by atoms with Gasteiger partial charge in [0.05, 0.1) is 13.2 Å². The van der Waals surface area contributed by atoms with Crippen LogP contribution >= 0.6 is 0 Å². The molecule has 0 aliphatic carbocycles. The third-order valence-electron chi connectivity index (χ3n) is 11.4. The van der Waals surface area contributed by atoms with Crippen LogP contribution in [0.4, 0.5) is 0 Å². The largest absolute Gasteiger partial charge is 0.480 e. The molecule has 0 aromatic carbocycles. The van der Waals surface area contributed by atoms with Crippen LogP contribution in [0.5, 0.6) is 0 Å². The van der Waals surface area contributed by atoms with E-state index in [0.717, 1.165) is 70.6 Å². The fourth-order valence-electron chi connectivity index (χ4n) is 7.54. The Morgan fingerprint density at radius 3 is 1.32 bits per heavy atom. The number of hydrogen-bond acceptors (Lipinski definition) is 6. The molecule has 0 saturated heterocycles. The highest BCUT2D eigenvalue weighted by atomic mass is 16.5. The van der Waals surface area contributed by atoms with Crippen LogP contribution in [-0.4, -0.2) is 59.3 Å². The second-order valence-electron chi connectivity index (χ2n) is 17.3. The van der Waals surface area contributed by atoms with Crippen LogP contribution in [0.25, 0.3) is 0 Å². The minimum atomic E-state index is -1.38. The van der Waals surface area contributed by atoms with Gasteiger partial charge in [-0.15, -0.1) is 0 Å². The number of aliphatic hydroxyl groups excluding tert-OH is 1. The molecule has 0 radical (unpaired) electrons. The second kappa shape index (κ2) is 45.8. The first-order valence-electron chi connectivity index (χ1n) is 25.2. The number of aliphatic hydroxyl groups is 1. The van der Waals surface area contributed by atoms with Gasteiger partial charge in [0.25, 0.3) is 0 Å². The highest BCUT2D eigenvalue weighted by Crippen LogP contribution is 2.18. The summed E-state index contributed by atoms with van der Waals surface area (Å²) in [6, 6.07) is -1.38. The quantitative estimate of drug-likeness (QED) is 0.0271. The molecule has 0 spiro atoms. The van der Waals surface area contributed by atoms with Crippen molar-refractivity contribution in [3.63, 3.8) is 0 Å². The van der Waals surface area contributed by atoms with Gasteiger partial charge in [0, 0.05) is 12.8 Å². The van der Waals surface area contributed by atoms with Gasteiger partial charge in [-0.05, 0) is 83.5 Å². The number of allylic oxidation sites excluding steroid dienone is 4. The van der Waals surface area contributed by atoms with Crippen LogP contribution in [0.2, 0.25) is 0 Å². The van der Waals surface area contributed by atoms with Crippen LogP contribution in [0.1, 0.15) is 251 Å². The molecule has 0 rings (SSSR count). The number of hydrogen-bond donors (Lipinski definition) is 4. The van der Waals surface area contributed by atoms with E-state index >= 15 is 0 Å². The highest BCUT2D eigenvalue weighted by molar-refractivity contribution is 5.87. The van der Waals surface area contributed by atoms with E-state index in [4.69, 9.17) is 14.9 Å². The Hall–Kier alpha value is -2.68. The lowest BCUT2D eigenvalue weighted by Crippen LogP contribution is -2.47. The lowest BCUT2D eigenvalue weighted by atomic mass is 10.0. The van der Waals surface area contributed by atoms with Gasteiger partial charge in [-0.3, -0.25) is 14.4 Å². The van der Waals surface area contributed by atoms with E-state index in [-0.39, 0.29) is 24.5 Å². The second-order valence-corrected chi connectivity index (χ2v) is 17.3. The van der Waals surface area contributed by atoms with Crippen LogP contribution in [0, 0.1) is 0 Å². The molecule has 0 aliphatic heterocycles. The number of aliphatic carboxylic acids is 1. The molecule has 0 aromatic heterocycles. The van der Waals surface area contributed by atoms with Crippen LogP contribution in [0.3, 0.4) is 0 Å². The standard InChI is InChI=1S/C51H94N2O7/c1-3-5-7-9-11-13-15-16-17-18-19-20-21-22-23-24-26-28-30-35-39-43-50(57)60-46(40-36-32-29-27-25-14-12-10-8-6-4-2)41-37-33-31-34-38-42-48(55)52-44-49(56)53-47(45-54)51(58)59/h18-19,27,29,46-47,54H,3-17,20-26,28,30-45H2,1-2H3,(H,52,55)(H,53,56)(H,58,59)/b19-18-,29-27-. The Bertz CT molecular complexity index is 1060.